The van der Waals surface area contributed by atoms with Gasteiger partial charge in [0, 0.05) is 17.1 Å². The summed E-state index contributed by atoms with van der Waals surface area (Å²) in [5, 5.41) is 3.58. The Kier molecular flexibility index (Phi) is 4.41. The number of benzene rings is 1. The van der Waals surface area contributed by atoms with Crippen LogP contribution in [0.2, 0.25) is 0 Å². The summed E-state index contributed by atoms with van der Waals surface area (Å²) >= 11 is 3.63. The summed E-state index contributed by atoms with van der Waals surface area (Å²) in [5.74, 6) is 0.731. The van der Waals surface area contributed by atoms with Gasteiger partial charge in [0.15, 0.2) is 0 Å². The van der Waals surface area contributed by atoms with Crippen molar-refractivity contribution in [1.82, 2.24) is 5.32 Å². The highest BCUT2D eigenvalue weighted by Gasteiger charge is 2.30. The minimum Gasteiger partial charge on any atom is -0.310 e. The summed E-state index contributed by atoms with van der Waals surface area (Å²) in [6.07, 6.45) is 4.78. The van der Waals surface area contributed by atoms with Crippen LogP contribution in [0.25, 0.3) is 0 Å². The van der Waals surface area contributed by atoms with Crippen LogP contribution >= 0.6 is 15.9 Å². The molecule has 1 aromatic rings. The van der Waals surface area contributed by atoms with E-state index in [1.54, 1.807) is 0 Å². The van der Waals surface area contributed by atoms with Crippen molar-refractivity contribution in [3.63, 3.8) is 0 Å². The van der Waals surface area contributed by atoms with Crippen LogP contribution in [-0.2, 0) is 0 Å². The SMILES string of the molecule is CC(C)=CCNC1CC(c2ccccc2Br)C1. The lowest BCUT2D eigenvalue weighted by Crippen LogP contribution is -2.40. The molecule has 0 aromatic heterocycles. The molecule has 1 aliphatic carbocycles. The maximum absolute atomic E-state index is 3.63. The molecule has 0 unspecified atom stereocenters. The van der Waals surface area contributed by atoms with Crippen molar-refractivity contribution in [2.45, 2.75) is 38.6 Å². The molecule has 0 bridgehead atoms. The fourth-order valence-electron chi connectivity index (χ4n) is 2.27. The fraction of sp³-hybridized carbons (Fsp3) is 0.467. The lowest BCUT2D eigenvalue weighted by molar-refractivity contribution is 0.299. The number of hydrogen-bond donors (Lipinski definition) is 1. The average Bonchev–Trinajstić information content (AvgIpc) is 2.23. The van der Waals surface area contributed by atoms with Gasteiger partial charge in [-0.15, -0.1) is 0 Å². The minimum absolute atomic E-state index is 0.697. The number of hydrogen-bond acceptors (Lipinski definition) is 1. The van der Waals surface area contributed by atoms with Crippen LogP contribution < -0.4 is 5.32 Å². The van der Waals surface area contributed by atoms with E-state index in [1.165, 1.54) is 28.5 Å². The molecule has 1 fully saturated rings. The van der Waals surface area contributed by atoms with E-state index in [0.717, 1.165) is 12.5 Å². The Morgan fingerprint density at radius 3 is 2.71 bits per heavy atom. The number of halogens is 1. The van der Waals surface area contributed by atoms with E-state index in [9.17, 15) is 0 Å². The Balaban J connectivity index is 1.79. The van der Waals surface area contributed by atoms with Crippen LogP contribution in [0.4, 0.5) is 0 Å². The minimum atomic E-state index is 0.697. The van der Waals surface area contributed by atoms with E-state index in [2.05, 4.69) is 65.4 Å². The molecule has 0 heterocycles. The van der Waals surface area contributed by atoms with Gasteiger partial charge in [0.1, 0.15) is 0 Å². The van der Waals surface area contributed by atoms with Gasteiger partial charge in [-0.05, 0) is 44.2 Å². The second kappa shape index (κ2) is 5.83. The first kappa shape index (κ1) is 12.8. The predicted molar refractivity (Wildman–Crippen MR) is 77.3 cm³/mol. The quantitative estimate of drug-likeness (QED) is 0.819. The maximum atomic E-state index is 3.63. The number of nitrogens with one attached hydrogen (secondary N) is 1. The van der Waals surface area contributed by atoms with Gasteiger partial charge in [-0.3, -0.25) is 0 Å². The first-order valence-electron chi connectivity index (χ1n) is 6.28. The zero-order valence-electron chi connectivity index (χ0n) is 10.5. The third-order valence-electron chi connectivity index (χ3n) is 3.40. The van der Waals surface area contributed by atoms with E-state index in [-0.39, 0.29) is 0 Å². The van der Waals surface area contributed by atoms with Crippen molar-refractivity contribution in [2.24, 2.45) is 0 Å². The van der Waals surface area contributed by atoms with Gasteiger partial charge in [-0.2, -0.15) is 0 Å². The van der Waals surface area contributed by atoms with Gasteiger partial charge in [-0.25, -0.2) is 0 Å². The Bertz CT molecular complexity index is 401. The van der Waals surface area contributed by atoms with E-state index in [0.29, 0.717) is 6.04 Å². The summed E-state index contributed by atoms with van der Waals surface area (Å²) in [7, 11) is 0. The molecule has 0 saturated heterocycles. The lowest BCUT2D eigenvalue weighted by atomic mass is 9.76. The summed E-state index contributed by atoms with van der Waals surface area (Å²) in [4.78, 5) is 0. The predicted octanol–water partition coefficient (Wildman–Crippen LogP) is 4.25. The highest BCUT2D eigenvalue weighted by Crippen LogP contribution is 2.39. The monoisotopic (exact) mass is 293 g/mol. The molecule has 0 radical (unpaired) electrons. The van der Waals surface area contributed by atoms with Crippen LogP contribution in [0.15, 0.2) is 40.4 Å². The van der Waals surface area contributed by atoms with Crippen molar-refractivity contribution in [1.29, 1.82) is 0 Å². The first-order chi connectivity index (χ1) is 8.16. The van der Waals surface area contributed by atoms with Crippen molar-refractivity contribution >= 4 is 15.9 Å². The van der Waals surface area contributed by atoms with E-state index < -0.39 is 0 Å². The third-order valence-corrected chi connectivity index (χ3v) is 4.12. The molecule has 17 heavy (non-hydrogen) atoms. The fourth-order valence-corrected chi connectivity index (χ4v) is 2.88. The van der Waals surface area contributed by atoms with Crippen molar-refractivity contribution in [3.8, 4) is 0 Å². The summed E-state index contributed by atoms with van der Waals surface area (Å²) in [6, 6.07) is 9.28. The summed E-state index contributed by atoms with van der Waals surface area (Å²) in [6.45, 7) is 5.30. The first-order valence-corrected chi connectivity index (χ1v) is 7.07. The van der Waals surface area contributed by atoms with Crippen molar-refractivity contribution < 1.29 is 0 Å². The molecule has 2 heteroatoms. The lowest BCUT2D eigenvalue weighted by Gasteiger charge is -2.36. The highest BCUT2D eigenvalue weighted by atomic mass is 79.9. The molecule has 1 aromatic carbocycles. The van der Waals surface area contributed by atoms with Crippen LogP contribution in [-0.4, -0.2) is 12.6 Å². The van der Waals surface area contributed by atoms with E-state index in [4.69, 9.17) is 0 Å². The second-order valence-electron chi connectivity index (χ2n) is 5.08. The van der Waals surface area contributed by atoms with Crippen molar-refractivity contribution in [2.75, 3.05) is 6.54 Å². The zero-order valence-corrected chi connectivity index (χ0v) is 12.1. The average molecular weight is 294 g/mol. The van der Waals surface area contributed by atoms with Crippen LogP contribution in [0, 0.1) is 0 Å². The van der Waals surface area contributed by atoms with Crippen molar-refractivity contribution in [3.05, 3.63) is 46.0 Å². The molecule has 0 amide bonds. The summed E-state index contributed by atoms with van der Waals surface area (Å²) in [5.41, 5.74) is 2.85. The second-order valence-corrected chi connectivity index (χ2v) is 5.93. The Labute approximate surface area is 112 Å². The molecule has 1 nitrogen and oxygen atoms in total. The standard InChI is InChI=1S/C15H20BrN/c1-11(2)7-8-17-13-9-12(10-13)14-5-3-4-6-15(14)16/h3-7,12-13,17H,8-10H2,1-2H3. The third kappa shape index (κ3) is 3.43. The molecule has 1 aliphatic rings. The molecular formula is C15H20BrN. The molecule has 0 atom stereocenters. The van der Waals surface area contributed by atoms with Gasteiger partial charge in [0.05, 0.1) is 0 Å². The van der Waals surface area contributed by atoms with E-state index in [1.807, 2.05) is 0 Å². The normalized spacial score (nSPS) is 23.0. The van der Waals surface area contributed by atoms with E-state index >= 15 is 0 Å². The molecule has 0 spiro atoms. The molecule has 0 aliphatic heterocycles. The largest absolute Gasteiger partial charge is 0.310 e. The molecule has 92 valence electrons. The van der Waals surface area contributed by atoms with Crippen LogP contribution in [0.1, 0.15) is 38.2 Å². The highest BCUT2D eigenvalue weighted by molar-refractivity contribution is 9.10. The van der Waals surface area contributed by atoms with Crippen LogP contribution in [0.5, 0.6) is 0 Å². The Morgan fingerprint density at radius 2 is 2.06 bits per heavy atom. The smallest absolute Gasteiger partial charge is 0.0210 e. The number of rotatable bonds is 4. The molecule has 2 rings (SSSR count). The molecular weight excluding hydrogens is 274 g/mol. The molecule has 1 N–H and O–H groups in total. The number of allylic oxidation sites excluding steroid dienone is 1. The van der Waals surface area contributed by atoms with Gasteiger partial charge in [-0.1, -0.05) is 45.8 Å². The Hall–Kier alpha value is -0.600. The Morgan fingerprint density at radius 1 is 1.35 bits per heavy atom. The molecule has 1 saturated carbocycles. The zero-order chi connectivity index (χ0) is 12.3. The maximum Gasteiger partial charge on any atom is 0.0210 e. The van der Waals surface area contributed by atoms with Gasteiger partial charge in [0.25, 0.3) is 0 Å². The van der Waals surface area contributed by atoms with Gasteiger partial charge in [0.2, 0.25) is 0 Å². The van der Waals surface area contributed by atoms with Gasteiger partial charge >= 0.3 is 0 Å². The van der Waals surface area contributed by atoms with Crippen LogP contribution in [0.3, 0.4) is 0 Å². The summed E-state index contributed by atoms with van der Waals surface area (Å²) < 4.78 is 1.26. The topological polar surface area (TPSA) is 12.0 Å². The van der Waals surface area contributed by atoms with Gasteiger partial charge < -0.3 is 5.32 Å².